The SMILES string of the molecule is CC1CC(CN)CN1C(=O)c1ccc(N2CCCC2)c([N+](=O)[O-])c1.Cl. The van der Waals surface area contributed by atoms with Gasteiger partial charge in [0, 0.05) is 37.3 Å². The molecule has 2 aliphatic rings. The van der Waals surface area contributed by atoms with Crippen LogP contribution in [0.1, 0.15) is 36.5 Å². The zero-order chi connectivity index (χ0) is 17.3. The highest BCUT2D eigenvalue weighted by Crippen LogP contribution is 2.33. The van der Waals surface area contributed by atoms with Gasteiger partial charge in [-0.15, -0.1) is 12.4 Å². The molecule has 2 atom stereocenters. The first-order valence-corrected chi connectivity index (χ1v) is 8.55. The number of nitro benzene ring substituents is 1. The van der Waals surface area contributed by atoms with E-state index in [1.54, 1.807) is 17.0 Å². The first-order valence-electron chi connectivity index (χ1n) is 8.55. The predicted molar refractivity (Wildman–Crippen MR) is 99.5 cm³/mol. The Labute approximate surface area is 153 Å². The maximum atomic E-state index is 12.8. The third-order valence-electron chi connectivity index (χ3n) is 5.12. The molecule has 2 heterocycles. The molecule has 0 aromatic heterocycles. The van der Waals surface area contributed by atoms with Gasteiger partial charge in [-0.25, -0.2) is 0 Å². The molecule has 1 aromatic rings. The molecular weight excluding hydrogens is 344 g/mol. The largest absolute Gasteiger partial charge is 0.366 e. The lowest BCUT2D eigenvalue weighted by atomic mass is 10.1. The maximum absolute atomic E-state index is 12.8. The first kappa shape index (κ1) is 19.5. The van der Waals surface area contributed by atoms with E-state index in [1.165, 1.54) is 6.07 Å². The Morgan fingerprint density at radius 3 is 2.60 bits per heavy atom. The summed E-state index contributed by atoms with van der Waals surface area (Å²) in [7, 11) is 0. The summed E-state index contributed by atoms with van der Waals surface area (Å²) in [6, 6.07) is 4.98. The Bertz CT molecular complexity index is 649. The molecule has 2 N–H and O–H groups in total. The number of halogens is 1. The average Bonchev–Trinajstić information content (AvgIpc) is 3.23. The maximum Gasteiger partial charge on any atom is 0.293 e. The van der Waals surface area contributed by atoms with Crippen molar-refractivity contribution >= 4 is 29.7 Å². The molecule has 3 rings (SSSR count). The van der Waals surface area contributed by atoms with Gasteiger partial charge in [-0.05, 0) is 50.8 Å². The van der Waals surface area contributed by atoms with E-state index in [1.807, 2.05) is 11.8 Å². The summed E-state index contributed by atoms with van der Waals surface area (Å²) < 4.78 is 0. The number of likely N-dealkylation sites (tertiary alicyclic amines) is 1. The lowest BCUT2D eigenvalue weighted by Gasteiger charge is -2.22. The number of benzene rings is 1. The number of carbonyl (C=O) groups excluding carboxylic acids is 1. The van der Waals surface area contributed by atoms with Gasteiger partial charge in [-0.1, -0.05) is 0 Å². The van der Waals surface area contributed by atoms with Crippen LogP contribution in [0.15, 0.2) is 18.2 Å². The van der Waals surface area contributed by atoms with Crippen LogP contribution in [0.25, 0.3) is 0 Å². The van der Waals surface area contributed by atoms with E-state index in [-0.39, 0.29) is 35.0 Å². The number of nitro groups is 1. The molecule has 1 aromatic carbocycles. The van der Waals surface area contributed by atoms with Gasteiger partial charge in [0.1, 0.15) is 5.69 Å². The third kappa shape index (κ3) is 3.88. The van der Waals surface area contributed by atoms with Crippen molar-refractivity contribution in [1.82, 2.24) is 4.90 Å². The fraction of sp³-hybridized carbons (Fsp3) is 0.588. The minimum atomic E-state index is -0.388. The molecule has 2 fully saturated rings. The molecule has 138 valence electrons. The highest BCUT2D eigenvalue weighted by atomic mass is 35.5. The molecule has 2 saturated heterocycles. The highest BCUT2D eigenvalue weighted by molar-refractivity contribution is 5.96. The Kier molecular flexibility index (Phi) is 6.24. The Morgan fingerprint density at radius 1 is 1.36 bits per heavy atom. The molecule has 0 spiro atoms. The number of rotatable bonds is 4. The van der Waals surface area contributed by atoms with E-state index in [4.69, 9.17) is 5.73 Å². The molecule has 0 saturated carbocycles. The van der Waals surface area contributed by atoms with Crippen LogP contribution in [0, 0.1) is 16.0 Å². The lowest BCUT2D eigenvalue weighted by molar-refractivity contribution is -0.384. The van der Waals surface area contributed by atoms with Crippen LogP contribution >= 0.6 is 12.4 Å². The molecule has 0 radical (unpaired) electrons. The Hall–Kier alpha value is -1.86. The van der Waals surface area contributed by atoms with Crippen LogP contribution < -0.4 is 10.6 Å². The second-order valence-corrected chi connectivity index (χ2v) is 6.80. The summed E-state index contributed by atoms with van der Waals surface area (Å²) in [4.78, 5) is 27.7. The smallest absolute Gasteiger partial charge is 0.293 e. The van der Waals surface area contributed by atoms with Crippen molar-refractivity contribution in [3.05, 3.63) is 33.9 Å². The molecular formula is C17H25ClN4O3. The molecule has 0 bridgehead atoms. The van der Waals surface area contributed by atoms with Gasteiger partial charge in [0.05, 0.1) is 4.92 Å². The van der Waals surface area contributed by atoms with Gasteiger partial charge in [0.25, 0.3) is 11.6 Å². The van der Waals surface area contributed by atoms with Crippen molar-refractivity contribution in [2.75, 3.05) is 31.1 Å². The molecule has 0 aliphatic carbocycles. The average molecular weight is 369 g/mol. The number of carbonyl (C=O) groups is 1. The van der Waals surface area contributed by atoms with Crippen molar-refractivity contribution in [3.8, 4) is 0 Å². The molecule has 7 nitrogen and oxygen atoms in total. The summed E-state index contributed by atoms with van der Waals surface area (Å²) in [5, 5.41) is 11.5. The van der Waals surface area contributed by atoms with Gasteiger partial charge in [-0.2, -0.15) is 0 Å². The summed E-state index contributed by atoms with van der Waals surface area (Å²) in [6.07, 6.45) is 2.98. The van der Waals surface area contributed by atoms with Gasteiger partial charge < -0.3 is 15.5 Å². The zero-order valence-corrected chi connectivity index (χ0v) is 15.2. The number of nitrogens with two attached hydrogens (primary N) is 1. The normalized spacial score (nSPS) is 22.8. The Balaban J connectivity index is 0.00000225. The summed E-state index contributed by atoms with van der Waals surface area (Å²) in [6.45, 7) is 4.84. The number of hydrogen-bond acceptors (Lipinski definition) is 5. The predicted octanol–water partition coefficient (Wildman–Crippen LogP) is 2.43. The summed E-state index contributed by atoms with van der Waals surface area (Å²) in [5.41, 5.74) is 6.73. The van der Waals surface area contributed by atoms with Crippen LogP contribution in [-0.4, -0.2) is 48.0 Å². The van der Waals surface area contributed by atoms with E-state index in [0.717, 1.165) is 32.4 Å². The minimum absolute atomic E-state index is 0. The van der Waals surface area contributed by atoms with E-state index < -0.39 is 0 Å². The molecule has 2 unspecified atom stereocenters. The van der Waals surface area contributed by atoms with E-state index >= 15 is 0 Å². The van der Waals surface area contributed by atoms with Gasteiger partial charge in [0.2, 0.25) is 0 Å². The number of hydrogen-bond donors (Lipinski definition) is 1. The second-order valence-electron chi connectivity index (χ2n) is 6.80. The van der Waals surface area contributed by atoms with Crippen molar-refractivity contribution in [3.63, 3.8) is 0 Å². The fourth-order valence-electron chi connectivity index (χ4n) is 3.79. The van der Waals surface area contributed by atoms with Crippen molar-refractivity contribution < 1.29 is 9.72 Å². The highest BCUT2D eigenvalue weighted by Gasteiger charge is 2.33. The minimum Gasteiger partial charge on any atom is -0.366 e. The molecule has 1 amide bonds. The zero-order valence-electron chi connectivity index (χ0n) is 14.4. The number of amides is 1. The topological polar surface area (TPSA) is 92.7 Å². The summed E-state index contributed by atoms with van der Waals surface area (Å²) in [5.74, 6) is 0.164. The van der Waals surface area contributed by atoms with Crippen molar-refractivity contribution in [2.24, 2.45) is 11.7 Å². The van der Waals surface area contributed by atoms with E-state index in [9.17, 15) is 14.9 Å². The quantitative estimate of drug-likeness (QED) is 0.650. The Morgan fingerprint density at radius 2 is 2.04 bits per heavy atom. The first-order chi connectivity index (χ1) is 11.5. The van der Waals surface area contributed by atoms with Crippen LogP contribution in [0.2, 0.25) is 0 Å². The third-order valence-corrected chi connectivity index (χ3v) is 5.12. The van der Waals surface area contributed by atoms with Crippen LogP contribution in [0.4, 0.5) is 11.4 Å². The number of anilines is 1. The van der Waals surface area contributed by atoms with E-state index in [2.05, 4.69) is 0 Å². The lowest BCUT2D eigenvalue weighted by Crippen LogP contribution is -2.34. The van der Waals surface area contributed by atoms with Crippen LogP contribution in [0.5, 0.6) is 0 Å². The van der Waals surface area contributed by atoms with E-state index in [0.29, 0.717) is 30.3 Å². The standard InChI is InChI=1S/C17H24N4O3.ClH/c1-12-8-13(10-18)11-20(12)17(22)14-4-5-15(16(9-14)21(23)24)19-6-2-3-7-19;/h4-5,9,12-13H,2-3,6-8,10-11,18H2,1H3;1H. The second kappa shape index (κ2) is 8.01. The monoisotopic (exact) mass is 368 g/mol. The summed E-state index contributed by atoms with van der Waals surface area (Å²) >= 11 is 0. The number of nitrogens with zero attached hydrogens (tertiary/aromatic N) is 3. The molecule has 8 heteroatoms. The van der Waals surface area contributed by atoms with Crippen molar-refractivity contribution in [2.45, 2.75) is 32.2 Å². The molecule has 25 heavy (non-hydrogen) atoms. The van der Waals surface area contributed by atoms with Crippen LogP contribution in [0.3, 0.4) is 0 Å². The van der Waals surface area contributed by atoms with Gasteiger partial charge in [0.15, 0.2) is 0 Å². The van der Waals surface area contributed by atoms with Crippen LogP contribution in [-0.2, 0) is 0 Å². The fourth-order valence-corrected chi connectivity index (χ4v) is 3.79. The molecule has 2 aliphatic heterocycles. The van der Waals surface area contributed by atoms with Gasteiger partial charge in [-0.3, -0.25) is 14.9 Å². The van der Waals surface area contributed by atoms with Gasteiger partial charge >= 0.3 is 0 Å². The van der Waals surface area contributed by atoms with Crippen molar-refractivity contribution in [1.29, 1.82) is 0 Å².